The van der Waals surface area contributed by atoms with Gasteiger partial charge in [0, 0.05) is 25.2 Å². The molecule has 11 heteroatoms. The molecular weight excluding hydrogens is 651 g/mol. The molecule has 4 bridgehead atoms. The number of piperidine rings is 2. The van der Waals surface area contributed by atoms with E-state index in [1.807, 2.05) is 0 Å². The fourth-order valence-electron chi connectivity index (χ4n) is 9.50. The summed E-state index contributed by atoms with van der Waals surface area (Å²) in [5, 5.41) is 0. The molecule has 0 amide bonds. The van der Waals surface area contributed by atoms with E-state index >= 15 is 0 Å². The molecule has 7 nitrogen and oxygen atoms in total. The third kappa shape index (κ3) is 6.62. The fourth-order valence-corrected chi connectivity index (χ4v) is 9.95. The van der Waals surface area contributed by atoms with Crippen molar-refractivity contribution in [1.29, 1.82) is 0 Å². The number of ether oxygens (including phenoxy) is 1. The summed E-state index contributed by atoms with van der Waals surface area (Å²) in [7, 11) is -5.66. The molecule has 270 valence electrons. The first kappa shape index (κ1) is 35.1. The van der Waals surface area contributed by atoms with Crippen molar-refractivity contribution in [3.63, 3.8) is 0 Å². The van der Waals surface area contributed by atoms with E-state index in [0.717, 1.165) is 54.6 Å². The Balaban J connectivity index is 0.000000157. The molecule has 2 aromatic rings. The van der Waals surface area contributed by atoms with Crippen LogP contribution in [0.1, 0.15) is 88.5 Å². The Bertz CT molecular complexity index is 1660. The van der Waals surface area contributed by atoms with E-state index in [1.165, 1.54) is 74.9 Å². The Hall–Kier alpha value is -2.34. The molecule has 0 radical (unpaired) electrons. The molecule has 4 aliphatic carbocycles. The van der Waals surface area contributed by atoms with Crippen LogP contribution in [-0.2, 0) is 33.8 Å². The molecule has 0 aromatic heterocycles. The quantitative estimate of drug-likeness (QED) is 0.185. The van der Waals surface area contributed by atoms with Gasteiger partial charge in [-0.15, -0.1) is 0 Å². The number of nitrogens with two attached hydrogens (primary N) is 1. The Labute approximate surface area is 289 Å². The lowest BCUT2D eigenvalue weighted by atomic mass is 9.59. The standard InChI is InChI=1S/C19H24F3NO3S.C19H28N2O/c1-12-17-9-14-5-6-15(26-27(24,25)19(20,21)22)10-16(14)18(12,2)7-8-23(17)11-13-3-4-13;1-13-18-9-15-5-6-16(22-12-20)10-17(15)19(13,2)7-8-21(18)11-14-3-4-14/h5-6,10,12-13,17H,3-4,7-9,11H2,1-2H3;5-6,10,13-14,18H,3-4,7-9,11-12,20H2,1-2H3/t12-,17?,18-;13-,18?,19-/m00/s1. The summed E-state index contributed by atoms with van der Waals surface area (Å²) < 4.78 is 70.5. The molecule has 49 heavy (non-hydrogen) atoms. The molecule has 2 saturated carbocycles. The van der Waals surface area contributed by atoms with E-state index in [0.29, 0.717) is 23.9 Å². The molecule has 2 aliphatic heterocycles. The van der Waals surface area contributed by atoms with Crippen LogP contribution in [0.4, 0.5) is 13.2 Å². The molecule has 6 aliphatic rings. The SMILES string of the molecule is C[C@H]1C2Cc3ccc(OCN)cc3[C@@]1(C)CCN2CC1CC1.C[C@H]1C2Cc3ccc(OS(=O)(=O)C(F)(F)F)cc3[C@@]1(C)CCN2CC1CC1. The Kier molecular flexibility index (Phi) is 9.10. The highest BCUT2D eigenvalue weighted by molar-refractivity contribution is 7.88. The molecule has 8 rings (SSSR count). The number of alkyl halides is 3. The molecule has 0 spiro atoms. The minimum atomic E-state index is -5.66. The number of hydrogen-bond acceptors (Lipinski definition) is 7. The summed E-state index contributed by atoms with van der Waals surface area (Å²) >= 11 is 0. The smallest absolute Gasteiger partial charge is 0.479 e. The maximum absolute atomic E-state index is 12.6. The Morgan fingerprint density at radius 1 is 0.796 bits per heavy atom. The van der Waals surface area contributed by atoms with Crippen LogP contribution < -0.4 is 14.7 Å². The van der Waals surface area contributed by atoms with Crippen molar-refractivity contribution in [2.24, 2.45) is 29.4 Å². The largest absolute Gasteiger partial charge is 0.534 e. The number of likely N-dealkylation sites (tertiary alicyclic amines) is 2. The highest BCUT2D eigenvalue weighted by Crippen LogP contribution is 2.51. The summed E-state index contributed by atoms with van der Waals surface area (Å²) in [6, 6.07) is 12.3. The van der Waals surface area contributed by atoms with Crippen molar-refractivity contribution in [3.8, 4) is 11.5 Å². The zero-order chi connectivity index (χ0) is 34.9. The van der Waals surface area contributed by atoms with Crippen molar-refractivity contribution < 1.29 is 30.5 Å². The van der Waals surface area contributed by atoms with Gasteiger partial charge in [0.05, 0.1) is 0 Å². The van der Waals surface area contributed by atoms with E-state index in [4.69, 9.17) is 10.5 Å². The predicted octanol–water partition coefficient (Wildman–Crippen LogP) is 6.77. The minimum Gasteiger partial charge on any atom is -0.479 e. The maximum atomic E-state index is 12.6. The van der Waals surface area contributed by atoms with Crippen molar-refractivity contribution in [2.75, 3.05) is 32.9 Å². The second-order valence-corrected chi connectivity index (χ2v) is 17.8. The van der Waals surface area contributed by atoms with Crippen LogP contribution in [0, 0.1) is 23.7 Å². The van der Waals surface area contributed by atoms with Gasteiger partial charge in [-0.3, -0.25) is 15.5 Å². The fraction of sp³-hybridized carbons (Fsp3) is 0.684. The van der Waals surface area contributed by atoms with Crippen molar-refractivity contribution >= 4 is 10.1 Å². The van der Waals surface area contributed by atoms with Gasteiger partial charge in [-0.25, -0.2) is 0 Å². The summed E-state index contributed by atoms with van der Waals surface area (Å²) in [5.41, 5.74) is 5.23. The number of nitrogens with zero attached hydrogens (tertiary/aromatic N) is 2. The molecule has 6 atom stereocenters. The number of rotatable bonds is 8. The number of hydrogen-bond donors (Lipinski definition) is 1. The summed E-state index contributed by atoms with van der Waals surface area (Å²) in [5.74, 6) is 3.50. The van der Waals surface area contributed by atoms with Crippen molar-refractivity contribution in [3.05, 3.63) is 58.7 Å². The van der Waals surface area contributed by atoms with E-state index in [-0.39, 0.29) is 23.3 Å². The topological polar surface area (TPSA) is 85.1 Å². The minimum absolute atomic E-state index is 0.195. The highest BCUT2D eigenvalue weighted by Gasteiger charge is 2.52. The summed E-state index contributed by atoms with van der Waals surface area (Å²) in [6.07, 6.45) is 9.71. The van der Waals surface area contributed by atoms with Crippen LogP contribution in [-0.4, -0.2) is 68.7 Å². The van der Waals surface area contributed by atoms with Gasteiger partial charge < -0.3 is 8.92 Å². The first-order chi connectivity index (χ1) is 23.1. The lowest BCUT2D eigenvalue weighted by Gasteiger charge is -2.54. The first-order valence-corrected chi connectivity index (χ1v) is 19.6. The second kappa shape index (κ2) is 12.7. The summed E-state index contributed by atoms with van der Waals surface area (Å²) in [4.78, 5) is 5.36. The van der Waals surface area contributed by atoms with E-state index < -0.39 is 15.6 Å². The van der Waals surface area contributed by atoms with Gasteiger partial charge in [0.2, 0.25) is 0 Å². The molecule has 4 fully saturated rings. The second-order valence-electron chi connectivity index (χ2n) is 16.3. The average molecular weight is 704 g/mol. The Morgan fingerprint density at radius 2 is 1.24 bits per heavy atom. The molecule has 2 N–H and O–H groups in total. The van der Waals surface area contributed by atoms with Crippen molar-refractivity contribution in [1.82, 2.24) is 9.80 Å². The number of fused-ring (bicyclic) bond motifs is 8. The molecular formula is C38H52F3N3O4S. The first-order valence-electron chi connectivity index (χ1n) is 18.2. The number of halogens is 3. The van der Waals surface area contributed by atoms with Gasteiger partial charge in [-0.05, 0) is 145 Å². The lowest BCUT2D eigenvalue weighted by molar-refractivity contribution is -0.0500. The van der Waals surface area contributed by atoms with E-state index in [2.05, 4.69) is 59.9 Å². The van der Waals surface area contributed by atoms with Crippen LogP contribution in [0.2, 0.25) is 0 Å². The lowest BCUT2D eigenvalue weighted by Crippen LogP contribution is -2.58. The number of benzene rings is 2. The van der Waals surface area contributed by atoms with Gasteiger partial charge in [-0.1, -0.05) is 39.8 Å². The maximum Gasteiger partial charge on any atom is 0.534 e. The van der Waals surface area contributed by atoms with Crippen molar-refractivity contribution in [2.45, 2.75) is 107 Å². The molecule has 2 saturated heterocycles. The zero-order valence-electron chi connectivity index (χ0n) is 29.3. The van der Waals surface area contributed by atoms with Gasteiger partial charge in [0.25, 0.3) is 0 Å². The molecule has 2 heterocycles. The normalized spacial score (nSPS) is 32.7. The highest BCUT2D eigenvalue weighted by atomic mass is 32.2. The van der Waals surface area contributed by atoms with Crippen LogP contribution >= 0.6 is 0 Å². The Morgan fingerprint density at radius 3 is 1.67 bits per heavy atom. The predicted molar refractivity (Wildman–Crippen MR) is 184 cm³/mol. The van der Waals surface area contributed by atoms with Gasteiger partial charge in [0.15, 0.2) is 0 Å². The van der Waals surface area contributed by atoms with E-state index in [9.17, 15) is 21.6 Å². The zero-order valence-corrected chi connectivity index (χ0v) is 30.1. The molecule has 2 unspecified atom stereocenters. The van der Waals surface area contributed by atoms with Crippen LogP contribution in [0.15, 0.2) is 36.4 Å². The van der Waals surface area contributed by atoms with Gasteiger partial charge >= 0.3 is 15.6 Å². The monoisotopic (exact) mass is 703 g/mol. The molecule has 2 aromatic carbocycles. The van der Waals surface area contributed by atoms with E-state index in [1.54, 1.807) is 6.07 Å². The average Bonchev–Trinajstić information content (AvgIpc) is 3.98. The van der Waals surface area contributed by atoms with Crippen LogP contribution in [0.5, 0.6) is 11.5 Å². The van der Waals surface area contributed by atoms with Crippen LogP contribution in [0.3, 0.4) is 0 Å². The van der Waals surface area contributed by atoms with Gasteiger partial charge in [0.1, 0.15) is 18.2 Å². The summed E-state index contributed by atoms with van der Waals surface area (Å²) in [6.45, 7) is 14.2. The third-order valence-electron chi connectivity index (χ3n) is 13.3. The van der Waals surface area contributed by atoms with Gasteiger partial charge in [-0.2, -0.15) is 21.6 Å². The third-order valence-corrected chi connectivity index (χ3v) is 14.3. The van der Waals surface area contributed by atoms with Crippen LogP contribution in [0.25, 0.3) is 0 Å².